The predicted octanol–water partition coefficient (Wildman–Crippen LogP) is -0.167. The van der Waals surface area contributed by atoms with Crippen LogP contribution in [0.3, 0.4) is 0 Å². The van der Waals surface area contributed by atoms with Crippen molar-refractivity contribution in [3.05, 3.63) is 0 Å². The lowest BCUT2D eigenvalue weighted by Crippen LogP contribution is -2.45. The maximum atomic E-state index is 11.7. The fraction of sp³-hybridized carbons (Fsp3) is 0.900. The van der Waals surface area contributed by atoms with Crippen LogP contribution in [0.25, 0.3) is 0 Å². The Hall–Kier alpha value is -0.660. The van der Waals surface area contributed by atoms with Crippen molar-refractivity contribution in [1.29, 1.82) is 0 Å². The summed E-state index contributed by atoms with van der Waals surface area (Å²) in [6.07, 6.45) is 3.88. The van der Waals surface area contributed by atoms with Gasteiger partial charge >= 0.3 is 0 Å². The van der Waals surface area contributed by atoms with E-state index in [1.807, 2.05) is 6.92 Å². The van der Waals surface area contributed by atoms with E-state index in [0.29, 0.717) is 6.54 Å². The summed E-state index contributed by atoms with van der Waals surface area (Å²) in [4.78, 5) is 13.4. The number of hydrogen-bond acceptors (Lipinski definition) is 3. The molecule has 1 saturated heterocycles. The maximum absolute atomic E-state index is 11.7. The van der Waals surface area contributed by atoms with E-state index in [2.05, 4.69) is 9.44 Å². The Labute approximate surface area is 103 Å². The Morgan fingerprint density at radius 2 is 1.82 bits per heavy atom. The van der Waals surface area contributed by atoms with Crippen LogP contribution in [0, 0.1) is 0 Å². The SMILES string of the molecule is CCCNS(=O)(=O)NCC(=O)N1CCCCC1. The standard InChI is InChI=1S/C10H21N3O3S/c1-2-6-11-17(15,16)12-9-10(14)13-7-4-3-5-8-13/h11-12H,2-9H2,1H3. The van der Waals surface area contributed by atoms with Gasteiger partial charge in [-0.3, -0.25) is 4.79 Å². The van der Waals surface area contributed by atoms with Crippen molar-refractivity contribution >= 4 is 16.1 Å². The zero-order valence-electron chi connectivity index (χ0n) is 10.2. The van der Waals surface area contributed by atoms with E-state index in [1.165, 1.54) is 0 Å². The molecule has 100 valence electrons. The van der Waals surface area contributed by atoms with Crippen molar-refractivity contribution in [1.82, 2.24) is 14.3 Å². The average molecular weight is 263 g/mol. The van der Waals surface area contributed by atoms with Crippen LogP contribution in [0.1, 0.15) is 32.6 Å². The van der Waals surface area contributed by atoms with E-state index in [-0.39, 0.29) is 12.5 Å². The lowest BCUT2D eigenvalue weighted by atomic mass is 10.1. The molecule has 0 aromatic heterocycles. The van der Waals surface area contributed by atoms with Crippen LogP contribution in [0.2, 0.25) is 0 Å². The molecule has 6 nitrogen and oxygen atoms in total. The van der Waals surface area contributed by atoms with Gasteiger partial charge in [-0.15, -0.1) is 0 Å². The van der Waals surface area contributed by atoms with Crippen LogP contribution < -0.4 is 9.44 Å². The number of nitrogens with zero attached hydrogens (tertiary/aromatic N) is 1. The topological polar surface area (TPSA) is 78.5 Å². The number of likely N-dealkylation sites (tertiary alicyclic amines) is 1. The largest absolute Gasteiger partial charge is 0.342 e. The van der Waals surface area contributed by atoms with Gasteiger partial charge in [0.25, 0.3) is 10.2 Å². The highest BCUT2D eigenvalue weighted by molar-refractivity contribution is 7.87. The van der Waals surface area contributed by atoms with Crippen LogP contribution in [0.5, 0.6) is 0 Å². The Kier molecular flexibility index (Phi) is 5.87. The number of carbonyl (C=O) groups excluding carboxylic acids is 1. The molecule has 17 heavy (non-hydrogen) atoms. The molecule has 0 aromatic rings. The van der Waals surface area contributed by atoms with Crippen LogP contribution in [-0.2, 0) is 15.0 Å². The quantitative estimate of drug-likeness (QED) is 0.698. The summed E-state index contributed by atoms with van der Waals surface area (Å²) in [6, 6.07) is 0. The smallest absolute Gasteiger partial charge is 0.277 e. The molecule has 1 amide bonds. The van der Waals surface area contributed by atoms with Crippen LogP contribution in [0.4, 0.5) is 0 Å². The molecule has 0 spiro atoms. The minimum absolute atomic E-state index is 0.147. The second-order valence-electron chi connectivity index (χ2n) is 4.16. The first kappa shape index (κ1) is 14.4. The van der Waals surface area contributed by atoms with Crippen molar-refractivity contribution in [3.8, 4) is 0 Å². The van der Waals surface area contributed by atoms with Gasteiger partial charge in [-0.1, -0.05) is 6.92 Å². The molecule has 1 aliphatic heterocycles. The zero-order chi connectivity index (χ0) is 12.7. The lowest BCUT2D eigenvalue weighted by molar-refractivity contribution is -0.130. The summed E-state index contributed by atoms with van der Waals surface area (Å²) in [5.74, 6) is -0.147. The molecule has 0 radical (unpaired) electrons. The molecule has 0 aliphatic carbocycles. The third-order valence-electron chi connectivity index (χ3n) is 2.66. The van der Waals surface area contributed by atoms with E-state index in [4.69, 9.17) is 0 Å². The highest BCUT2D eigenvalue weighted by atomic mass is 32.2. The Morgan fingerprint density at radius 3 is 2.41 bits per heavy atom. The van der Waals surface area contributed by atoms with Crippen molar-refractivity contribution in [2.75, 3.05) is 26.2 Å². The number of hydrogen-bond donors (Lipinski definition) is 2. The molecule has 0 bridgehead atoms. The van der Waals surface area contributed by atoms with Crippen LogP contribution in [0.15, 0.2) is 0 Å². The third-order valence-corrected chi connectivity index (χ3v) is 3.77. The van der Waals surface area contributed by atoms with Gasteiger partial charge in [-0.05, 0) is 25.7 Å². The van der Waals surface area contributed by atoms with Crippen molar-refractivity contribution in [2.24, 2.45) is 0 Å². The molecule has 1 rings (SSSR count). The zero-order valence-corrected chi connectivity index (χ0v) is 11.1. The Morgan fingerprint density at radius 1 is 1.18 bits per heavy atom. The maximum Gasteiger partial charge on any atom is 0.277 e. The summed E-state index contributed by atoms with van der Waals surface area (Å²) < 4.78 is 27.4. The van der Waals surface area contributed by atoms with Gasteiger partial charge in [0.1, 0.15) is 0 Å². The van der Waals surface area contributed by atoms with Crippen molar-refractivity contribution < 1.29 is 13.2 Å². The molecule has 1 fully saturated rings. The van der Waals surface area contributed by atoms with E-state index in [9.17, 15) is 13.2 Å². The molecule has 1 heterocycles. The average Bonchev–Trinajstić information content (AvgIpc) is 2.35. The highest BCUT2D eigenvalue weighted by Gasteiger charge is 2.18. The summed E-state index contributed by atoms with van der Waals surface area (Å²) in [7, 11) is -3.52. The van der Waals surface area contributed by atoms with E-state index >= 15 is 0 Å². The van der Waals surface area contributed by atoms with Gasteiger partial charge in [0.2, 0.25) is 5.91 Å². The van der Waals surface area contributed by atoms with Crippen molar-refractivity contribution in [3.63, 3.8) is 0 Å². The molecule has 0 unspecified atom stereocenters. The predicted molar refractivity (Wildman–Crippen MR) is 65.6 cm³/mol. The van der Waals surface area contributed by atoms with Gasteiger partial charge in [0.15, 0.2) is 0 Å². The molecule has 2 N–H and O–H groups in total. The fourth-order valence-corrected chi connectivity index (χ4v) is 2.59. The van der Waals surface area contributed by atoms with Gasteiger partial charge < -0.3 is 4.90 Å². The second kappa shape index (κ2) is 6.93. The normalized spacial score (nSPS) is 17.1. The monoisotopic (exact) mass is 263 g/mol. The minimum atomic E-state index is -3.52. The highest BCUT2D eigenvalue weighted by Crippen LogP contribution is 2.08. The fourth-order valence-electron chi connectivity index (χ4n) is 1.70. The van der Waals surface area contributed by atoms with Crippen molar-refractivity contribution in [2.45, 2.75) is 32.6 Å². The second-order valence-corrected chi connectivity index (χ2v) is 5.74. The summed E-state index contributed by atoms with van der Waals surface area (Å²) in [5, 5.41) is 0. The molecule has 0 aromatic carbocycles. The van der Waals surface area contributed by atoms with E-state index in [1.54, 1.807) is 4.90 Å². The van der Waals surface area contributed by atoms with Crippen LogP contribution in [-0.4, -0.2) is 45.4 Å². The number of nitrogens with one attached hydrogen (secondary N) is 2. The van der Waals surface area contributed by atoms with Gasteiger partial charge in [0, 0.05) is 19.6 Å². The summed E-state index contributed by atoms with van der Waals surface area (Å²) in [6.45, 7) is 3.58. The van der Waals surface area contributed by atoms with E-state index in [0.717, 1.165) is 38.8 Å². The molecule has 0 atom stereocenters. The number of piperidine rings is 1. The van der Waals surface area contributed by atoms with Gasteiger partial charge in [-0.25, -0.2) is 4.72 Å². The Balaban J connectivity index is 2.31. The molecule has 0 saturated carbocycles. The number of amides is 1. The van der Waals surface area contributed by atoms with Crippen LogP contribution >= 0.6 is 0 Å². The number of carbonyl (C=O) groups is 1. The first-order valence-electron chi connectivity index (χ1n) is 6.07. The molecular weight excluding hydrogens is 242 g/mol. The number of rotatable bonds is 6. The van der Waals surface area contributed by atoms with E-state index < -0.39 is 10.2 Å². The summed E-state index contributed by atoms with van der Waals surface area (Å²) in [5.41, 5.74) is 0. The summed E-state index contributed by atoms with van der Waals surface area (Å²) >= 11 is 0. The first-order valence-corrected chi connectivity index (χ1v) is 7.55. The van der Waals surface area contributed by atoms with Gasteiger partial charge in [-0.2, -0.15) is 13.1 Å². The molecule has 1 aliphatic rings. The van der Waals surface area contributed by atoms with Gasteiger partial charge in [0.05, 0.1) is 6.54 Å². The first-order chi connectivity index (χ1) is 8.05. The molecule has 7 heteroatoms. The molecular formula is C10H21N3O3S. The Bertz CT molecular complexity index is 337. The third kappa shape index (κ3) is 5.47. The minimum Gasteiger partial charge on any atom is -0.342 e. The lowest BCUT2D eigenvalue weighted by Gasteiger charge is -2.26.